The van der Waals surface area contributed by atoms with Gasteiger partial charge in [0.2, 0.25) is 0 Å². The molecule has 0 aliphatic heterocycles. The van der Waals surface area contributed by atoms with Gasteiger partial charge < -0.3 is 10.4 Å². The summed E-state index contributed by atoms with van der Waals surface area (Å²) < 4.78 is 0. The van der Waals surface area contributed by atoms with Crippen molar-refractivity contribution in [2.24, 2.45) is 10.7 Å². The van der Waals surface area contributed by atoms with Crippen molar-refractivity contribution in [1.82, 2.24) is 5.01 Å². The van der Waals surface area contributed by atoms with Crippen LogP contribution in [0.1, 0.15) is 32.8 Å². The first-order chi connectivity index (χ1) is 8.83. The van der Waals surface area contributed by atoms with Crippen molar-refractivity contribution in [3.8, 4) is 0 Å². The molecule has 1 aromatic carbocycles. The van der Waals surface area contributed by atoms with Crippen molar-refractivity contribution < 1.29 is 39.3 Å². The Kier molecular flexibility index (Phi) is 7.78. The van der Waals surface area contributed by atoms with Crippen LogP contribution in [0.5, 0.6) is 0 Å². The fraction of sp³-hybridized carbons (Fsp3) is 0.462. The van der Waals surface area contributed by atoms with E-state index in [1.807, 2.05) is 26.8 Å². The summed E-state index contributed by atoms with van der Waals surface area (Å²) in [5.74, 6) is -0.425. The molecule has 0 heterocycles. The number of hydrogen-bond acceptors (Lipinski definition) is 4. The first-order valence-corrected chi connectivity index (χ1v) is 5.98. The molecule has 0 radical (unpaired) electrons. The van der Waals surface area contributed by atoms with Crippen LogP contribution in [0.3, 0.4) is 0 Å². The third kappa shape index (κ3) is 6.36. The second-order valence-electron chi connectivity index (χ2n) is 5.51. The Hall–Kier alpha value is -1.11. The van der Waals surface area contributed by atoms with Gasteiger partial charge in [0.05, 0.1) is 0 Å². The van der Waals surface area contributed by atoms with Crippen LogP contribution in [0, 0.1) is 15.8 Å². The molecule has 0 aliphatic carbocycles. The van der Waals surface area contributed by atoms with Gasteiger partial charge in [-0.1, -0.05) is 56.1 Å². The van der Waals surface area contributed by atoms with Crippen molar-refractivity contribution in [1.29, 1.82) is 0 Å². The molecule has 0 aromatic heterocycles. The second kappa shape index (κ2) is 8.24. The summed E-state index contributed by atoms with van der Waals surface area (Å²) in [7, 11) is 0. The maximum absolute atomic E-state index is 12.0. The number of benzene rings is 1. The van der Waals surface area contributed by atoms with Crippen molar-refractivity contribution in [2.75, 3.05) is 0 Å². The van der Waals surface area contributed by atoms with Gasteiger partial charge in [0.1, 0.15) is 6.54 Å². The third-order valence-corrected chi connectivity index (χ3v) is 2.42. The van der Waals surface area contributed by atoms with Gasteiger partial charge >= 0.3 is 29.6 Å². The van der Waals surface area contributed by atoms with Crippen molar-refractivity contribution >= 4 is 5.91 Å². The van der Waals surface area contributed by atoms with Gasteiger partial charge in [-0.15, -0.1) is 0 Å². The average Bonchev–Trinajstić information content (AvgIpc) is 2.34. The van der Waals surface area contributed by atoms with Crippen LogP contribution >= 0.6 is 0 Å². The minimum Gasteiger partial charge on any atom is -0.737 e. The van der Waals surface area contributed by atoms with E-state index in [2.05, 4.69) is 5.28 Å². The van der Waals surface area contributed by atoms with Crippen molar-refractivity contribution in [2.45, 2.75) is 33.7 Å². The maximum Gasteiger partial charge on any atom is 1.00 e. The number of amides is 1. The summed E-state index contributed by atoms with van der Waals surface area (Å²) in [6, 6.07) is 8.97. The fourth-order valence-electron chi connectivity index (χ4n) is 1.59. The average molecular weight is 287 g/mol. The maximum atomic E-state index is 12.0. The normalized spacial score (nSPS) is 11.7. The Morgan fingerprint density at radius 2 is 1.85 bits per heavy atom. The summed E-state index contributed by atoms with van der Waals surface area (Å²) in [6.07, 6.45) is 0.161. The van der Waals surface area contributed by atoms with Crippen molar-refractivity contribution in [3.63, 3.8) is 0 Å². The van der Waals surface area contributed by atoms with E-state index in [0.29, 0.717) is 0 Å². The Labute approximate surface area is 140 Å². The van der Waals surface area contributed by atoms with Gasteiger partial charge in [0.25, 0.3) is 5.91 Å². The standard InChI is InChI=1S/C13H19N3O3.Na/c1-13(2,3)9-12(17)15(16(19)14-18)10-11-7-5-4-6-8-11;/h4-8,18H,9-10H2,1-3H3;/q;+1/p-1/b16-14+;. The molecule has 0 bridgehead atoms. The Bertz CT molecular complexity index is 458. The van der Waals surface area contributed by atoms with E-state index in [1.54, 1.807) is 24.3 Å². The minimum atomic E-state index is -0.425. The summed E-state index contributed by atoms with van der Waals surface area (Å²) in [5, 5.41) is 24.8. The van der Waals surface area contributed by atoms with E-state index in [9.17, 15) is 15.2 Å². The SMILES string of the molecule is CC(C)(C)CC(=O)N(Cc1ccccc1)/[N+]([O-])=N\[O-].[Na+]. The molecule has 104 valence electrons. The predicted molar refractivity (Wildman–Crippen MR) is 70.5 cm³/mol. The molecule has 0 saturated carbocycles. The molecule has 0 atom stereocenters. The van der Waals surface area contributed by atoms with Gasteiger partial charge in [-0.3, -0.25) is 4.79 Å². The molecule has 1 amide bonds. The quantitative estimate of drug-likeness (QED) is 0.334. The fourth-order valence-corrected chi connectivity index (χ4v) is 1.59. The Balaban J connectivity index is 0.00000361. The minimum absolute atomic E-state index is 0. The number of hydrazine groups is 1. The first kappa shape index (κ1) is 18.9. The van der Waals surface area contributed by atoms with Crippen LogP contribution in [-0.2, 0) is 11.3 Å². The topological polar surface area (TPSA) is 81.8 Å². The van der Waals surface area contributed by atoms with Gasteiger partial charge in [0.15, 0.2) is 0 Å². The molecule has 0 unspecified atom stereocenters. The summed E-state index contributed by atoms with van der Waals surface area (Å²) in [5.41, 5.74) is 0.490. The number of carbonyl (C=O) groups excluding carboxylic acids is 1. The first-order valence-electron chi connectivity index (χ1n) is 5.98. The number of nitrogens with zero attached hydrogens (tertiary/aromatic N) is 3. The molecular weight excluding hydrogens is 269 g/mol. The Morgan fingerprint density at radius 1 is 1.30 bits per heavy atom. The predicted octanol–water partition coefficient (Wildman–Crippen LogP) is -0.169. The zero-order valence-corrected chi connectivity index (χ0v) is 14.4. The van der Waals surface area contributed by atoms with Gasteiger partial charge in [-0.05, 0) is 16.3 Å². The number of carbonyl (C=O) groups is 1. The van der Waals surface area contributed by atoms with Gasteiger partial charge in [-0.2, -0.15) is 0 Å². The van der Waals surface area contributed by atoms with E-state index < -0.39 is 5.91 Å². The zero-order valence-electron chi connectivity index (χ0n) is 12.4. The molecule has 7 heteroatoms. The zero-order chi connectivity index (χ0) is 14.5. The molecule has 0 spiro atoms. The van der Waals surface area contributed by atoms with Gasteiger partial charge in [0, 0.05) is 11.4 Å². The Morgan fingerprint density at radius 3 is 2.30 bits per heavy atom. The van der Waals surface area contributed by atoms with E-state index >= 15 is 0 Å². The van der Waals surface area contributed by atoms with Crippen LogP contribution in [-0.4, -0.2) is 15.9 Å². The molecule has 0 saturated heterocycles. The van der Waals surface area contributed by atoms with Crippen LogP contribution < -0.4 is 29.6 Å². The summed E-state index contributed by atoms with van der Waals surface area (Å²) >= 11 is 0. The van der Waals surface area contributed by atoms with Crippen molar-refractivity contribution in [3.05, 3.63) is 46.3 Å². The molecule has 0 N–H and O–H groups in total. The largest absolute Gasteiger partial charge is 1.00 e. The molecular formula is C13H18N3NaO3. The number of rotatable bonds is 4. The smallest absolute Gasteiger partial charge is 0.737 e. The summed E-state index contributed by atoms with van der Waals surface area (Å²) in [6.45, 7) is 5.68. The van der Waals surface area contributed by atoms with Crippen LogP contribution in [0.15, 0.2) is 35.6 Å². The van der Waals surface area contributed by atoms with Gasteiger partial charge in [-0.25, -0.2) is 0 Å². The molecule has 0 fully saturated rings. The monoisotopic (exact) mass is 287 g/mol. The molecule has 1 rings (SSSR count). The molecule has 6 nitrogen and oxygen atoms in total. The van der Waals surface area contributed by atoms with Crippen LogP contribution in [0.25, 0.3) is 0 Å². The third-order valence-electron chi connectivity index (χ3n) is 2.42. The van der Waals surface area contributed by atoms with E-state index in [-0.39, 0.29) is 52.9 Å². The van der Waals surface area contributed by atoms with Crippen LogP contribution in [0.4, 0.5) is 0 Å². The van der Waals surface area contributed by atoms with Crippen LogP contribution in [0.2, 0.25) is 0 Å². The van der Waals surface area contributed by atoms with E-state index in [0.717, 1.165) is 10.6 Å². The molecule has 0 aliphatic rings. The molecule has 20 heavy (non-hydrogen) atoms. The summed E-state index contributed by atoms with van der Waals surface area (Å²) in [4.78, 5) is 11.9. The molecule has 1 aromatic rings. The van der Waals surface area contributed by atoms with E-state index in [1.165, 1.54) is 0 Å². The van der Waals surface area contributed by atoms with E-state index in [4.69, 9.17) is 0 Å². The number of hydrogen-bond donors (Lipinski definition) is 0. The second-order valence-corrected chi connectivity index (χ2v) is 5.51.